The van der Waals surface area contributed by atoms with Gasteiger partial charge >= 0.3 is 6.09 Å². The van der Waals surface area contributed by atoms with Gasteiger partial charge in [-0.1, -0.05) is 6.07 Å². The zero-order valence-corrected chi connectivity index (χ0v) is 13.4. The Morgan fingerprint density at radius 1 is 1.57 bits per heavy atom. The Morgan fingerprint density at radius 2 is 2.38 bits per heavy atom. The van der Waals surface area contributed by atoms with Crippen molar-refractivity contribution in [1.82, 2.24) is 4.90 Å². The van der Waals surface area contributed by atoms with Crippen LogP contribution in [0.4, 0.5) is 4.79 Å². The number of hydrogen-bond acceptors (Lipinski definition) is 5. The van der Waals surface area contributed by atoms with Crippen molar-refractivity contribution >= 4 is 17.4 Å². The lowest BCUT2D eigenvalue weighted by atomic mass is 9.87. The second kappa shape index (κ2) is 5.26. The zero-order valence-electron chi connectivity index (χ0n) is 12.6. The monoisotopic (exact) mass is 311 g/mol. The largest absolute Gasteiger partial charge is 0.450 e. The van der Waals surface area contributed by atoms with Crippen molar-refractivity contribution in [2.75, 3.05) is 19.7 Å². The van der Waals surface area contributed by atoms with Gasteiger partial charge < -0.3 is 19.1 Å². The molecular weight excluding hydrogens is 290 g/mol. The fourth-order valence-electron chi connectivity index (χ4n) is 3.19. The number of likely N-dealkylation sites (tertiary alicyclic amines) is 1. The van der Waals surface area contributed by atoms with Gasteiger partial charge in [0.1, 0.15) is 11.7 Å². The third kappa shape index (κ3) is 2.56. The topological polar surface area (TPSA) is 48.0 Å². The number of carbonyl (C=O) groups is 1. The Hall–Kier alpha value is -1.11. The van der Waals surface area contributed by atoms with Crippen LogP contribution in [0.5, 0.6) is 0 Å². The summed E-state index contributed by atoms with van der Waals surface area (Å²) in [6, 6.07) is 4.11. The minimum Gasteiger partial charge on any atom is -0.450 e. The summed E-state index contributed by atoms with van der Waals surface area (Å²) in [6.45, 7) is 7.17. The van der Waals surface area contributed by atoms with Crippen molar-refractivity contribution in [2.45, 2.75) is 44.7 Å². The van der Waals surface area contributed by atoms with E-state index in [0.29, 0.717) is 19.7 Å². The summed E-state index contributed by atoms with van der Waals surface area (Å²) in [5.41, 5.74) is -0.444. The van der Waals surface area contributed by atoms with Crippen LogP contribution >= 0.6 is 11.3 Å². The molecule has 2 saturated heterocycles. The summed E-state index contributed by atoms with van der Waals surface area (Å²) in [5, 5.41) is 2.05. The second-order valence-corrected chi connectivity index (χ2v) is 6.82. The zero-order chi connectivity index (χ0) is 15.1. The standard InChI is InChI=1S/C15H21NO4S/c1-4-18-13(17)16-8-7-15(12-6-5-9-21-12)11(10-16)19-14(2,3)20-15/h5-6,9,11H,4,7-8,10H2,1-3H3/t11-,15+/m0/s1. The highest BCUT2D eigenvalue weighted by Gasteiger charge is 2.57. The molecule has 0 N–H and O–H groups in total. The summed E-state index contributed by atoms with van der Waals surface area (Å²) >= 11 is 1.68. The SMILES string of the molecule is CCOC(=O)N1CC[C@@]2(c3cccs3)OC(C)(C)O[C@H]2C1. The number of piperidine rings is 1. The quantitative estimate of drug-likeness (QED) is 0.842. The Morgan fingerprint density at radius 3 is 3.05 bits per heavy atom. The summed E-state index contributed by atoms with van der Waals surface area (Å²) in [6.07, 6.45) is 0.287. The van der Waals surface area contributed by atoms with Crippen LogP contribution in [0.1, 0.15) is 32.1 Å². The van der Waals surface area contributed by atoms with Crippen LogP contribution in [0.3, 0.4) is 0 Å². The molecule has 0 spiro atoms. The van der Waals surface area contributed by atoms with E-state index in [1.54, 1.807) is 16.2 Å². The smallest absolute Gasteiger partial charge is 0.409 e. The number of nitrogens with zero attached hydrogens (tertiary/aromatic N) is 1. The first-order valence-electron chi connectivity index (χ1n) is 7.30. The van der Waals surface area contributed by atoms with Crippen molar-refractivity contribution in [2.24, 2.45) is 0 Å². The van der Waals surface area contributed by atoms with E-state index >= 15 is 0 Å². The number of fused-ring (bicyclic) bond motifs is 1. The van der Waals surface area contributed by atoms with Gasteiger partial charge in [-0.15, -0.1) is 11.3 Å². The Kier molecular flexibility index (Phi) is 3.71. The highest BCUT2D eigenvalue weighted by molar-refractivity contribution is 7.10. The third-order valence-corrected chi connectivity index (χ3v) is 5.01. The second-order valence-electron chi connectivity index (χ2n) is 5.87. The van der Waals surface area contributed by atoms with Gasteiger partial charge in [0.05, 0.1) is 13.2 Å². The predicted molar refractivity (Wildman–Crippen MR) is 79.2 cm³/mol. The van der Waals surface area contributed by atoms with Crippen molar-refractivity contribution < 1.29 is 19.0 Å². The highest BCUT2D eigenvalue weighted by Crippen LogP contribution is 2.49. The van der Waals surface area contributed by atoms with Gasteiger partial charge in [0, 0.05) is 17.8 Å². The molecule has 116 valence electrons. The van der Waals surface area contributed by atoms with Gasteiger partial charge in [0.25, 0.3) is 0 Å². The maximum Gasteiger partial charge on any atom is 0.409 e. The van der Waals surface area contributed by atoms with Crippen LogP contribution in [-0.2, 0) is 19.8 Å². The lowest BCUT2D eigenvalue weighted by Gasteiger charge is -2.40. The van der Waals surface area contributed by atoms with E-state index in [4.69, 9.17) is 14.2 Å². The minimum atomic E-state index is -0.640. The van der Waals surface area contributed by atoms with Gasteiger partial charge in [-0.25, -0.2) is 4.79 Å². The number of carbonyl (C=O) groups excluding carboxylic acids is 1. The molecule has 1 aromatic rings. The summed E-state index contributed by atoms with van der Waals surface area (Å²) in [5.74, 6) is -0.640. The number of ether oxygens (including phenoxy) is 3. The Balaban J connectivity index is 1.85. The van der Waals surface area contributed by atoms with Crippen LogP contribution in [0.25, 0.3) is 0 Å². The molecule has 2 atom stereocenters. The van der Waals surface area contributed by atoms with E-state index in [0.717, 1.165) is 6.42 Å². The van der Waals surface area contributed by atoms with E-state index in [2.05, 4.69) is 6.07 Å². The van der Waals surface area contributed by atoms with Crippen LogP contribution in [-0.4, -0.2) is 42.6 Å². The maximum atomic E-state index is 11.9. The van der Waals surface area contributed by atoms with Crippen molar-refractivity contribution in [3.8, 4) is 0 Å². The van der Waals surface area contributed by atoms with Gasteiger partial charge in [0.15, 0.2) is 5.79 Å². The third-order valence-electron chi connectivity index (χ3n) is 3.98. The average Bonchev–Trinajstić information content (AvgIpc) is 3.02. The number of rotatable bonds is 2. The molecular formula is C15H21NO4S. The normalized spacial score (nSPS) is 31.0. The Bertz CT molecular complexity index is 516. The molecule has 0 bridgehead atoms. The minimum absolute atomic E-state index is 0.163. The van der Waals surface area contributed by atoms with Gasteiger partial charge in [-0.05, 0) is 32.2 Å². The number of hydrogen-bond donors (Lipinski definition) is 0. The summed E-state index contributed by atoms with van der Waals surface area (Å²) < 4.78 is 17.5. The number of thiophene rings is 1. The van der Waals surface area contributed by atoms with Gasteiger partial charge in [-0.2, -0.15) is 0 Å². The molecule has 0 unspecified atom stereocenters. The molecule has 2 aliphatic heterocycles. The van der Waals surface area contributed by atoms with Gasteiger partial charge in [-0.3, -0.25) is 0 Å². The van der Waals surface area contributed by atoms with Crippen molar-refractivity contribution in [3.05, 3.63) is 22.4 Å². The van der Waals surface area contributed by atoms with E-state index < -0.39 is 11.4 Å². The Labute approximate surface area is 128 Å². The molecule has 0 radical (unpaired) electrons. The van der Waals surface area contributed by atoms with Crippen LogP contribution in [0.15, 0.2) is 17.5 Å². The molecule has 1 amide bonds. The highest BCUT2D eigenvalue weighted by atomic mass is 32.1. The van der Waals surface area contributed by atoms with E-state index in [1.807, 2.05) is 32.2 Å². The van der Waals surface area contributed by atoms with E-state index in [-0.39, 0.29) is 12.2 Å². The first kappa shape index (κ1) is 14.8. The molecule has 0 aliphatic carbocycles. The fraction of sp³-hybridized carbons (Fsp3) is 0.667. The molecule has 3 heterocycles. The summed E-state index contributed by atoms with van der Waals surface area (Å²) in [7, 11) is 0. The first-order valence-corrected chi connectivity index (χ1v) is 8.18. The van der Waals surface area contributed by atoms with Gasteiger partial charge in [0.2, 0.25) is 0 Å². The van der Waals surface area contributed by atoms with E-state index in [9.17, 15) is 4.79 Å². The fourth-order valence-corrected chi connectivity index (χ4v) is 4.12. The molecule has 0 saturated carbocycles. The maximum absolute atomic E-state index is 11.9. The number of amides is 1. The molecule has 1 aromatic heterocycles. The molecule has 21 heavy (non-hydrogen) atoms. The van der Waals surface area contributed by atoms with E-state index in [1.165, 1.54) is 4.88 Å². The summed E-state index contributed by atoms with van der Waals surface area (Å²) in [4.78, 5) is 14.8. The van der Waals surface area contributed by atoms with Crippen LogP contribution in [0, 0.1) is 0 Å². The molecule has 2 aliphatic rings. The molecule has 2 fully saturated rings. The predicted octanol–water partition coefficient (Wildman–Crippen LogP) is 2.96. The molecule has 3 rings (SSSR count). The van der Waals surface area contributed by atoms with Crippen molar-refractivity contribution in [1.29, 1.82) is 0 Å². The molecule has 6 heteroatoms. The van der Waals surface area contributed by atoms with Crippen molar-refractivity contribution in [3.63, 3.8) is 0 Å². The molecule has 0 aromatic carbocycles. The van der Waals surface area contributed by atoms with Crippen LogP contribution < -0.4 is 0 Å². The first-order chi connectivity index (χ1) is 9.97. The lowest BCUT2D eigenvalue weighted by molar-refractivity contribution is -0.164. The average molecular weight is 311 g/mol. The lowest BCUT2D eigenvalue weighted by Crippen LogP contribution is -2.53. The molecule has 5 nitrogen and oxygen atoms in total. The van der Waals surface area contributed by atoms with Crippen LogP contribution in [0.2, 0.25) is 0 Å².